The second kappa shape index (κ2) is 5.43. The van der Waals surface area contributed by atoms with Crippen molar-refractivity contribution in [2.45, 2.75) is 39.7 Å². The lowest BCUT2D eigenvalue weighted by Gasteiger charge is -2.16. The minimum Gasteiger partial charge on any atom is -0.312 e. The lowest BCUT2D eigenvalue weighted by Crippen LogP contribution is -2.13. The smallest absolute Gasteiger partial charge is 0.127 e. The van der Waals surface area contributed by atoms with Crippen molar-refractivity contribution in [2.24, 2.45) is 7.05 Å². The Bertz CT molecular complexity index is 548. The van der Waals surface area contributed by atoms with Gasteiger partial charge in [-0.2, -0.15) is 5.10 Å². The number of rotatable bonds is 4. The number of hydrogen-bond donors (Lipinski definition) is 1. The fourth-order valence-corrected chi connectivity index (χ4v) is 2.85. The monoisotopic (exact) mass is 278 g/mol. The fraction of sp³-hybridized carbons (Fsp3) is 0.571. The molecule has 0 bridgehead atoms. The highest BCUT2D eigenvalue weighted by atomic mass is 32.1. The predicted molar refractivity (Wildman–Crippen MR) is 80.4 cm³/mol. The molecule has 4 nitrogen and oxygen atoms in total. The average Bonchev–Trinajstić information content (AvgIpc) is 2.91. The molecular formula is C14H22N4S. The van der Waals surface area contributed by atoms with E-state index in [2.05, 4.69) is 49.3 Å². The van der Waals surface area contributed by atoms with Crippen LogP contribution in [0.1, 0.15) is 38.3 Å². The first kappa shape index (κ1) is 14.2. The molecule has 0 saturated heterocycles. The summed E-state index contributed by atoms with van der Waals surface area (Å²) in [6.45, 7) is 10.5. The van der Waals surface area contributed by atoms with Gasteiger partial charge in [0.05, 0.1) is 11.3 Å². The van der Waals surface area contributed by atoms with Crippen LogP contribution >= 0.6 is 11.3 Å². The molecule has 0 fully saturated rings. The summed E-state index contributed by atoms with van der Waals surface area (Å²) in [5, 5.41) is 8.99. The standard InChI is InChI=1S/C14H22N4S/c1-6-15-7-10-8-16-13(19-10)11-9-18(5)17-12(11)14(2,3)4/h8-9,15H,6-7H2,1-5H3. The van der Waals surface area contributed by atoms with E-state index < -0.39 is 0 Å². The van der Waals surface area contributed by atoms with Crippen LogP contribution in [0.4, 0.5) is 0 Å². The third kappa shape index (κ3) is 3.22. The zero-order chi connectivity index (χ0) is 14.0. The zero-order valence-electron chi connectivity index (χ0n) is 12.3. The molecule has 2 aromatic heterocycles. The molecular weight excluding hydrogens is 256 g/mol. The van der Waals surface area contributed by atoms with Gasteiger partial charge >= 0.3 is 0 Å². The molecule has 5 heteroatoms. The van der Waals surface area contributed by atoms with E-state index in [4.69, 9.17) is 0 Å². The molecule has 0 unspecified atom stereocenters. The van der Waals surface area contributed by atoms with E-state index in [0.29, 0.717) is 0 Å². The van der Waals surface area contributed by atoms with Crippen molar-refractivity contribution in [1.82, 2.24) is 20.1 Å². The highest BCUT2D eigenvalue weighted by Gasteiger charge is 2.24. The lowest BCUT2D eigenvalue weighted by molar-refractivity contribution is 0.554. The molecule has 0 aliphatic heterocycles. The SMILES string of the molecule is CCNCc1cnc(-c2cn(C)nc2C(C)(C)C)s1. The van der Waals surface area contributed by atoms with Gasteiger partial charge in [0.2, 0.25) is 0 Å². The minimum absolute atomic E-state index is 0.0318. The van der Waals surface area contributed by atoms with Crippen LogP contribution in [0.3, 0.4) is 0 Å². The van der Waals surface area contributed by atoms with Gasteiger partial charge < -0.3 is 5.32 Å². The Kier molecular flexibility index (Phi) is 4.06. The Morgan fingerprint density at radius 1 is 1.37 bits per heavy atom. The highest BCUT2D eigenvalue weighted by Crippen LogP contribution is 2.33. The van der Waals surface area contributed by atoms with Crippen molar-refractivity contribution in [1.29, 1.82) is 0 Å². The van der Waals surface area contributed by atoms with Gasteiger partial charge in [0.15, 0.2) is 0 Å². The van der Waals surface area contributed by atoms with Gasteiger partial charge in [0.1, 0.15) is 5.01 Å². The van der Waals surface area contributed by atoms with Crippen LogP contribution in [0.25, 0.3) is 10.6 Å². The summed E-state index contributed by atoms with van der Waals surface area (Å²) in [5.41, 5.74) is 2.30. The van der Waals surface area contributed by atoms with Crippen molar-refractivity contribution >= 4 is 11.3 Å². The Morgan fingerprint density at radius 3 is 2.74 bits per heavy atom. The summed E-state index contributed by atoms with van der Waals surface area (Å²) in [5.74, 6) is 0. The molecule has 1 N–H and O–H groups in total. The first-order valence-corrected chi connectivity index (χ1v) is 7.43. The number of thiazole rings is 1. The van der Waals surface area contributed by atoms with Gasteiger partial charge in [0.25, 0.3) is 0 Å². The summed E-state index contributed by atoms with van der Waals surface area (Å²) in [4.78, 5) is 5.82. The zero-order valence-corrected chi connectivity index (χ0v) is 13.1. The van der Waals surface area contributed by atoms with Crippen LogP contribution in [0, 0.1) is 0 Å². The van der Waals surface area contributed by atoms with Crippen molar-refractivity contribution in [3.8, 4) is 10.6 Å². The second-order valence-corrected chi connectivity index (χ2v) is 6.84. The number of aromatic nitrogens is 3. The van der Waals surface area contributed by atoms with Crippen LogP contribution in [-0.4, -0.2) is 21.3 Å². The van der Waals surface area contributed by atoms with E-state index in [0.717, 1.165) is 29.4 Å². The van der Waals surface area contributed by atoms with Crippen LogP contribution in [0.5, 0.6) is 0 Å². The van der Waals surface area contributed by atoms with Gasteiger partial charge in [-0.15, -0.1) is 11.3 Å². The third-order valence-electron chi connectivity index (χ3n) is 2.87. The largest absolute Gasteiger partial charge is 0.312 e. The molecule has 0 spiro atoms. The number of hydrogen-bond acceptors (Lipinski definition) is 4. The molecule has 0 amide bonds. The van der Waals surface area contributed by atoms with Crippen LogP contribution in [0.15, 0.2) is 12.4 Å². The first-order chi connectivity index (χ1) is 8.91. The third-order valence-corrected chi connectivity index (χ3v) is 3.90. The average molecular weight is 278 g/mol. The molecule has 2 heterocycles. The van der Waals surface area contributed by atoms with Gasteiger partial charge in [-0.05, 0) is 6.54 Å². The van der Waals surface area contributed by atoms with E-state index in [9.17, 15) is 0 Å². The van der Waals surface area contributed by atoms with E-state index in [1.54, 1.807) is 11.3 Å². The molecule has 0 radical (unpaired) electrons. The Morgan fingerprint density at radius 2 is 2.11 bits per heavy atom. The van der Waals surface area contributed by atoms with E-state index in [-0.39, 0.29) is 5.41 Å². The number of nitrogens with zero attached hydrogens (tertiary/aromatic N) is 3. The topological polar surface area (TPSA) is 42.7 Å². The number of aryl methyl sites for hydroxylation is 1. The van der Waals surface area contributed by atoms with Crippen molar-refractivity contribution < 1.29 is 0 Å². The van der Waals surface area contributed by atoms with Gasteiger partial charge in [0, 0.05) is 36.3 Å². The lowest BCUT2D eigenvalue weighted by atomic mass is 9.90. The van der Waals surface area contributed by atoms with Crippen LogP contribution in [0.2, 0.25) is 0 Å². The summed E-state index contributed by atoms with van der Waals surface area (Å²) in [6, 6.07) is 0. The maximum absolute atomic E-state index is 4.60. The summed E-state index contributed by atoms with van der Waals surface area (Å²) >= 11 is 1.74. The highest BCUT2D eigenvalue weighted by molar-refractivity contribution is 7.15. The van der Waals surface area contributed by atoms with E-state index in [1.165, 1.54) is 4.88 Å². The van der Waals surface area contributed by atoms with Crippen molar-refractivity contribution in [3.05, 3.63) is 23.0 Å². The normalized spacial score (nSPS) is 12.1. The maximum atomic E-state index is 4.60. The van der Waals surface area contributed by atoms with E-state index >= 15 is 0 Å². The fourth-order valence-electron chi connectivity index (χ4n) is 1.96. The van der Waals surface area contributed by atoms with Crippen molar-refractivity contribution in [3.63, 3.8) is 0 Å². The molecule has 2 aromatic rings. The summed E-state index contributed by atoms with van der Waals surface area (Å²) in [7, 11) is 1.96. The molecule has 19 heavy (non-hydrogen) atoms. The van der Waals surface area contributed by atoms with Gasteiger partial charge in [-0.25, -0.2) is 4.98 Å². The summed E-state index contributed by atoms with van der Waals surface area (Å²) < 4.78 is 1.88. The first-order valence-electron chi connectivity index (χ1n) is 6.61. The van der Waals surface area contributed by atoms with Crippen molar-refractivity contribution in [2.75, 3.05) is 6.54 Å². The predicted octanol–water partition coefficient (Wildman–Crippen LogP) is 2.95. The Labute approximate surface area is 118 Å². The molecule has 104 valence electrons. The van der Waals surface area contributed by atoms with E-state index in [1.807, 2.05) is 17.9 Å². The Hall–Kier alpha value is -1.20. The molecule has 0 aliphatic rings. The Balaban J connectivity index is 2.34. The summed E-state index contributed by atoms with van der Waals surface area (Å²) in [6.07, 6.45) is 4.03. The molecule has 0 atom stereocenters. The van der Waals surface area contributed by atoms with Crippen LogP contribution < -0.4 is 5.32 Å². The maximum Gasteiger partial charge on any atom is 0.127 e. The molecule has 0 aliphatic carbocycles. The quantitative estimate of drug-likeness (QED) is 0.935. The molecule has 0 aromatic carbocycles. The van der Waals surface area contributed by atoms with Crippen LogP contribution in [-0.2, 0) is 19.0 Å². The van der Waals surface area contributed by atoms with Gasteiger partial charge in [-0.1, -0.05) is 27.7 Å². The van der Waals surface area contributed by atoms with Gasteiger partial charge in [-0.3, -0.25) is 4.68 Å². The molecule has 2 rings (SSSR count). The second-order valence-electron chi connectivity index (χ2n) is 5.73. The number of nitrogens with one attached hydrogen (secondary N) is 1. The molecule has 0 saturated carbocycles. The minimum atomic E-state index is 0.0318.